The number of hydrogen-bond donors (Lipinski definition) is 1. The molecule has 2 unspecified atom stereocenters. The van der Waals surface area contributed by atoms with Gasteiger partial charge in [-0.25, -0.2) is 0 Å². The summed E-state index contributed by atoms with van der Waals surface area (Å²) in [6, 6.07) is 10.5. The van der Waals surface area contributed by atoms with E-state index in [1.165, 1.54) is 30.6 Å². The second kappa shape index (κ2) is 6.00. The summed E-state index contributed by atoms with van der Waals surface area (Å²) >= 11 is 0. The lowest BCUT2D eigenvalue weighted by Gasteiger charge is -2.44. The minimum absolute atomic E-state index is 0.601. The van der Waals surface area contributed by atoms with Crippen LogP contribution in [-0.2, 0) is 0 Å². The zero-order valence-electron chi connectivity index (χ0n) is 14.0. The average Bonchev–Trinajstić information content (AvgIpc) is 3.31. The number of rotatable bonds is 4. The van der Waals surface area contributed by atoms with Gasteiger partial charge in [0.1, 0.15) is 0 Å². The van der Waals surface area contributed by atoms with Crippen LogP contribution in [-0.4, -0.2) is 25.2 Å². The van der Waals surface area contributed by atoms with Crippen molar-refractivity contribution in [3.63, 3.8) is 0 Å². The molecule has 2 atom stereocenters. The molecule has 2 heteroatoms. The van der Waals surface area contributed by atoms with Gasteiger partial charge in [-0.2, -0.15) is 0 Å². The van der Waals surface area contributed by atoms with Gasteiger partial charge in [0.15, 0.2) is 0 Å². The second-order valence-corrected chi connectivity index (χ2v) is 7.57. The van der Waals surface area contributed by atoms with Crippen LogP contribution in [0.3, 0.4) is 0 Å². The van der Waals surface area contributed by atoms with E-state index in [4.69, 9.17) is 0 Å². The van der Waals surface area contributed by atoms with Gasteiger partial charge in [-0.15, -0.1) is 0 Å². The smallest absolute Gasteiger partial charge is 0.0438 e. The number of piperazine rings is 1. The van der Waals surface area contributed by atoms with Gasteiger partial charge in [0.2, 0.25) is 0 Å². The third-order valence-corrected chi connectivity index (χ3v) is 5.21. The third-order valence-electron chi connectivity index (χ3n) is 5.21. The van der Waals surface area contributed by atoms with Crippen LogP contribution in [0.25, 0.3) is 0 Å². The number of nitrogens with one attached hydrogen (secondary N) is 1. The van der Waals surface area contributed by atoms with Crippen LogP contribution in [0.5, 0.6) is 0 Å². The number of anilines is 1. The van der Waals surface area contributed by atoms with Crippen LogP contribution in [0.4, 0.5) is 5.69 Å². The Hall–Kier alpha value is -1.02. The minimum Gasteiger partial charge on any atom is -0.365 e. The molecule has 1 aliphatic carbocycles. The van der Waals surface area contributed by atoms with Gasteiger partial charge in [-0.3, -0.25) is 0 Å². The Bertz CT molecular complexity index is 476. The van der Waals surface area contributed by atoms with E-state index in [2.05, 4.69) is 62.2 Å². The summed E-state index contributed by atoms with van der Waals surface area (Å²) < 4.78 is 0. The zero-order valence-corrected chi connectivity index (χ0v) is 14.0. The molecule has 0 bridgehead atoms. The minimum atomic E-state index is 0.601. The van der Waals surface area contributed by atoms with Crippen molar-refractivity contribution in [3.8, 4) is 0 Å². The number of nitrogens with zero attached hydrogens (tertiary/aromatic N) is 1. The summed E-state index contributed by atoms with van der Waals surface area (Å²) in [7, 11) is 0. The van der Waals surface area contributed by atoms with Crippen molar-refractivity contribution in [3.05, 3.63) is 29.8 Å². The van der Waals surface area contributed by atoms with Crippen LogP contribution in [0.2, 0.25) is 0 Å². The first-order valence-electron chi connectivity index (χ1n) is 8.66. The molecule has 1 heterocycles. The van der Waals surface area contributed by atoms with Crippen molar-refractivity contribution in [2.24, 2.45) is 11.8 Å². The lowest BCUT2D eigenvalue weighted by atomic mass is 9.95. The Labute approximate surface area is 129 Å². The Kier molecular flexibility index (Phi) is 4.26. The third kappa shape index (κ3) is 3.26. The molecule has 0 spiro atoms. The maximum atomic E-state index is 3.81. The fourth-order valence-corrected chi connectivity index (χ4v) is 3.56. The molecule has 2 aliphatic rings. The first-order valence-corrected chi connectivity index (χ1v) is 8.66. The molecule has 1 saturated carbocycles. The summed E-state index contributed by atoms with van der Waals surface area (Å²) in [6.07, 6.45) is 2.84. The van der Waals surface area contributed by atoms with E-state index in [0.717, 1.165) is 12.5 Å². The molecule has 1 aliphatic heterocycles. The summed E-state index contributed by atoms with van der Waals surface area (Å²) in [5.41, 5.74) is 2.88. The molecule has 2 nitrogen and oxygen atoms in total. The highest BCUT2D eigenvalue weighted by molar-refractivity contribution is 5.51. The molecular weight excluding hydrogens is 256 g/mol. The van der Waals surface area contributed by atoms with E-state index in [-0.39, 0.29) is 0 Å². The summed E-state index contributed by atoms with van der Waals surface area (Å²) in [4.78, 5) is 2.68. The molecular formula is C19H30N2. The maximum absolute atomic E-state index is 3.81. The summed E-state index contributed by atoms with van der Waals surface area (Å²) in [6.45, 7) is 11.6. The van der Waals surface area contributed by atoms with E-state index in [0.29, 0.717) is 23.9 Å². The Balaban J connectivity index is 1.85. The molecule has 0 amide bonds. The molecule has 1 saturated heterocycles. The van der Waals surface area contributed by atoms with Crippen molar-refractivity contribution in [1.29, 1.82) is 0 Å². The van der Waals surface area contributed by atoms with Crippen molar-refractivity contribution in [1.82, 2.24) is 5.32 Å². The fraction of sp³-hybridized carbons (Fsp3) is 0.684. The summed E-state index contributed by atoms with van der Waals surface area (Å²) in [5.74, 6) is 2.21. The normalized spacial score (nSPS) is 26.7. The SMILES string of the molecule is CC(C)c1cccc(N2CC(C3CC3)NCC2C(C)C)c1. The van der Waals surface area contributed by atoms with E-state index in [1.54, 1.807) is 0 Å². The van der Waals surface area contributed by atoms with E-state index < -0.39 is 0 Å². The topological polar surface area (TPSA) is 15.3 Å². The Morgan fingerprint density at radius 1 is 1.14 bits per heavy atom. The molecule has 116 valence electrons. The van der Waals surface area contributed by atoms with Crippen molar-refractivity contribution < 1.29 is 0 Å². The van der Waals surface area contributed by atoms with Crippen molar-refractivity contribution in [2.75, 3.05) is 18.0 Å². The summed E-state index contributed by atoms with van der Waals surface area (Å²) in [5, 5.41) is 3.81. The largest absolute Gasteiger partial charge is 0.365 e. The highest BCUT2D eigenvalue weighted by Gasteiger charge is 2.38. The van der Waals surface area contributed by atoms with E-state index >= 15 is 0 Å². The molecule has 0 radical (unpaired) electrons. The highest BCUT2D eigenvalue weighted by Crippen LogP contribution is 2.36. The maximum Gasteiger partial charge on any atom is 0.0438 e. The molecule has 3 rings (SSSR count). The van der Waals surface area contributed by atoms with Gasteiger partial charge < -0.3 is 10.2 Å². The monoisotopic (exact) mass is 286 g/mol. The highest BCUT2D eigenvalue weighted by atomic mass is 15.2. The second-order valence-electron chi connectivity index (χ2n) is 7.57. The Morgan fingerprint density at radius 2 is 1.90 bits per heavy atom. The van der Waals surface area contributed by atoms with Crippen molar-refractivity contribution >= 4 is 5.69 Å². The predicted molar refractivity (Wildman–Crippen MR) is 91.0 cm³/mol. The Morgan fingerprint density at radius 3 is 2.52 bits per heavy atom. The van der Waals surface area contributed by atoms with Crippen molar-refractivity contribution in [2.45, 2.75) is 58.5 Å². The van der Waals surface area contributed by atoms with Gasteiger partial charge in [0.05, 0.1) is 0 Å². The van der Waals surface area contributed by atoms with Crippen LogP contribution < -0.4 is 10.2 Å². The molecule has 1 aromatic rings. The lowest BCUT2D eigenvalue weighted by Crippen LogP contribution is -2.59. The zero-order chi connectivity index (χ0) is 15.0. The predicted octanol–water partition coefficient (Wildman–Crippen LogP) is 4.02. The van der Waals surface area contributed by atoms with Gasteiger partial charge in [-0.05, 0) is 48.3 Å². The lowest BCUT2D eigenvalue weighted by molar-refractivity contribution is 0.320. The first-order chi connectivity index (χ1) is 10.1. The molecule has 21 heavy (non-hydrogen) atoms. The van der Waals surface area contributed by atoms with Crippen LogP contribution in [0.15, 0.2) is 24.3 Å². The van der Waals surface area contributed by atoms with E-state index in [1.807, 2.05) is 0 Å². The van der Waals surface area contributed by atoms with Gasteiger partial charge in [0, 0.05) is 30.9 Å². The molecule has 0 aromatic heterocycles. The van der Waals surface area contributed by atoms with Crippen LogP contribution >= 0.6 is 0 Å². The molecule has 2 fully saturated rings. The molecule has 1 N–H and O–H groups in total. The van der Waals surface area contributed by atoms with Gasteiger partial charge in [0.25, 0.3) is 0 Å². The van der Waals surface area contributed by atoms with Gasteiger partial charge in [-0.1, -0.05) is 39.8 Å². The number of hydrogen-bond acceptors (Lipinski definition) is 2. The number of benzene rings is 1. The molecule has 1 aromatic carbocycles. The van der Waals surface area contributed by atoms with Crippen LogP contribution in [0, 0.1) is 11.8 Å². The average molecular weight is 286 g/mol. The van der Waals surface area contributed by atoms with Gasteiger partial charge >= 0.3 is 0 Å². The van der Waals surface area contributed by atoms with Crippen LogP contribution in [0.1, 0.15) is 52.0 Å². The standard InChI is InChI=1S/C19H30N2/c1-13(2)16-6-5-7-17(10-16)21-12-18(15-8-9-15)20-11-19(21)14(3)4/h5-7,10,13-15,18-20H,8-9,11-12H2,1-4H3. The fourth-order valence-electron chi connectivity index (χ4n) is 3.56. The quantitative estimate of drug-likeness (QED) is 0.899. The first kappa shape index (κ1) is 14.9. The van der Waals surface area contributed by atoms with E-state index in [9.17, 15) is 0 Å².